The van der Waals surface area contributed by atoms with Gasteiger partial charge in [-0.05, 0) is 56.4 Å². The average molecular weight is 493 g/mol. The third-order valence-corrected chi connectivity index (χ3v) is 7.39. The third-order valence-electron chi connectivity index (χ3n) is 7.39. The quantitative estimate of drug-likeness (QED) is 0.389. The molecule has 2 aromatic rings. The fourth-order valence-electron chi connectivity index (χ4n) is 5.46. The largest absolute Gasteiger partial charge is 0.390 e. The first-order valence-corrected chi connectivity index (χ1v) is 13.5. The van der Waals surface area contributed by atoms with Gasteiger partial charge in [-0.1, -0.05) is 49.6 Å². The fourth-order valence-corrected chi connectivity index (χ4v) is 5.46. The Morgan fingerprint density at radius 3 is 2.56 bits per heavy atom. The van der Waals surface area contributed by atoms with E-state index in [1.165, 1.54) is 19.3 Å². The molecule has 1 saturated carbocycles. The number of carbonyl (C=O) groups excluding carboxylic acids is 2. The monoisotopic (exact) mass is 492 g/mol. The van der Waals surface area contributed by atoms with Gasteiger partial charge in [0.15, 0.2) is 0 Å². The standard InChI is InChI=1S/C29H40N4O3/c1-2-30-24-17-25(32-15-9-14-29(32)36)19-26(18-24)33(21-34)27(16-22-10-5-3-6-11-22)28(35)20-31-23-12-7-4-8-13-23/h3,5-6,10-11,17-19,21,23,27-28,30-31,35H,2,4,7-9,12-16,20H2,1H3/t27-,28-/m0/s1. The molecule has 0 spiro atoms. The first-order chi connectivity index (χ1) is 17.6. The zero-order valence-corrected chi connectivity index (χ0v) is 21.4. The summed E-state index contributed by atoms with van der Waals surface area (Å²) in [7, 11) is 0. The second kappa shape index (κ2) is 12.9. The minimum atomic E-state index is -0.753. The van der Waals surface area contributed by atoms with Crippen LogP contribution in [0.15, 0.2) is 48.5 Å². The topological polar surface area (TPSA) is 84.9 Å². The number of rotatable bonds is 12. The molecule has 0 bridgehead atoms. The fraction of sp³-hybridized carbons (Fsp3) is 0.517. The molecule has 3 N–H and O–H groups in total. The minimum absolute atomic E-state index is 0.102. The molecular weight excluding hydrogens is 452 g/mol. The van der Waals surface area contributed by atoms with E-state index in [1.807, 2.05) is 55.5 Å². The van der Waals surface area contributed by atoms with E-state index in [0.717, 1.165) is 49.2 Å². The minimum Gasteiger partial charge on any atom is -0.390 e. The summed E-state index contributed by atoms with van der Waals surface area (Å²) in [6.07, 6.45) is 7.94. The average Bonchev–Trinajstić information content (AvgIpc) is 3.34. The van der Waals surface area contributed by atoms with Crippen LogP contribution < -0.4 is 20.4 Å². The van der Waals surface area contributed by atoms with Crippen LogP contribution in [0.1, 0.15) is 57.4 Å². The normalized spacial score (nSPS) is 18.2. The lowest BCUT2D eigenvalue weighted by Crippen LogP contribution is -2.50. The van der Waals surface area contributed by atoms with Crippen LogP contribution in [-0.2, 0) is 16.0 Å². The number of aliphatic hydroxyl groups excluding tert-OH is 1. The maximum absolute atomic E-state index is 12.6. The van der Waals surface area contributed by atoms with Gasteiger partial charge in [-0.2, -0.15) is 0 Å². The molecule has 7 nitrogen and oxygen atoms in total. The van der Waals surface area contributed by atoms with Crippen LogP contribution in [0, 0.1) is 0 Å². The summed E-state index contributed by atoms with van der Waals surface area (Å²) in [5.41, 5.74) is 3.37. The molecule has 2 aliphatic rings. The van der Waals surface area contributed by atoms with Crippen molar-refractivity contribution in [1.29, 1.82) is 0 Å². The van der Waals surface area contributed by atoms with Crippen LogP contribution in [0.3, 0.4) is 0 Å². The van der Waals surface area contributed by atoms with E-state index in [9.17, 15) is 14.7 Å². The first-order valence-electron chi connectivity index (χ1n) is 13.5. The number of anilines is 3. The number of carbonyl (C=O) groups is 2. The van der Waals surface area contributed by atoms with E-state index >= 15 is 0 Å². The Kier molecular flexibility index (Phi) is 9.36. The zero-order valence-electron chi connectivity index (χ0n) is 21.4. The highest BCUT2D eigenvalue weighted by molar-refractivity contribution is 5.97. The van der Waals surface area contributed by atoms with Gasteiger partial charge in [0.2, 0.25) is 12.3 Å². The summed E-state index contributed by atoms with van der Waals surface area (Å²) in [4.78, 5) is 28.5. The van der Waals surface area contributed by atoms with Crippen LogP contribution in [-0.4, -0.2) is 55.2 Å². The number of nitrogens with zero attached hydrogens (tertiary/aromatic N) is 2. The van der Waals surface area contributed by atoms with Gasteiger partial charge in [-0.3, -0.25) is 9.59 Å². The zero-order chi connectivity index (χ0) is 25.3. The summed E-state index contributed by atoms with van der Waals surface area (Å²) in [6.45, 7) is 3.84. The van der Waals surface area contributed by atoms with E-state index < -0.39 is 12.1 Å². The Morgan fingerprint density at radius 1 is 1.11 bits per heavy atom. The van der Waals surface area contributed by atoms with E-state index in [1.54, 1.807) is 9.80 Å². The Bertz CT molecular complexity index is 993. The highest BCUT2D eigenvalue weighted by Crippen LogP contribution is 2.32. The van der Waals surface area contributed by atoms with Gasteiger partial charge in [-0.25, -0.2) is 0 Å². The van der Waals surface area contributed by atoms with Crippen molar-refractivity contribution in [2.75, 3.05) is 34.8 Å². The number of nitrogens with one attached hydrogen (secondary N) is 2. The third kappa shape index (κ3) is 6.65. The molecular formula is C29H40N4O3. The molecule has 7 heteroatoms. The van der Waals surface area contributed by atoms with Crippen molar-refractivity contribution in [3.05, 3.63) is 54.1 Å². The Labute approximate surface area is 214 Å². The summed E-state index contributed by atoms with van der Waals surface area (Å²) in [5, 5.41) is 18.3. The van der Waals surface area contributed by atoms with E-state index in [0.29, 0.717) is 37.7 Å². The molecule has 36 heavy (non-hydrogen) atoms. The lowest BCUT2D eigenvalue weighted by Gasteiger charge is -2.34. The molecule has 2 amide bonds. The highest BCUT2D eigenvalue weighted by atomic mass is 16.3. The van der Waals surface area contributed by atoms with Crippen LogP contribution in [0.2, 0.25) is 0 Å². The SMILES string of the molecule is CCNc1cc(N2CCCC2=O)cc(N(C=O)[C@@H](Cc2ccccc2)[C@@H](O)CNC2CCCCC2)c1. The summed E-state index contributed by atoms with van der Waals surface area (Å²) >= 11 is 0. The maximum atomic E-state index is 12.6. The second-order valence-corrected chi connectivity index (χ2v) is 10.00. The van der Waals surface area contributed by atoms with Crippen molar-refractivity contribution in [3.8, 4) is 0 Å². The van der Waals surface area contributed by atoms with Gasteiger partial charge in [0, 0.05) is 49.2 Å². The van der Waals surface area contributed by atoms with Crippen molar-refractivity contribution >= 4 is 29.4 Å². The maximum Gasteiger partial charge on any atom is 0.227 e. The van der Waals surface area contributed by atoms with Crippen LogP contribution in [0.4, 0.5) is 17.1 Å². The van der Waals surface area contributed by atoms with Crippen molar-refractivity contribution in [3.63, 3.8) is 0 Å². The number of aliphatic hydroxyl groups is 1. The molecule has 2 aromatic carbocycles. The van der Waals surface area contributed by atoms with E-state index in [4.69, 9.17) is 0 Å². The molecule has 2 atom stereocenters. The predicted octanol–water partition coefficient (Wildman–Crippen LogP) is 4.10. The number of hydrogen-bond donors (Lipinski definition) is 3. The van der Waals surface area contributed by atoms with Gasteiger partial charge in [-0.15, -0.1) is 0 Å². The van der Waals surface area contributed by atoms with Gasteiger partial charge in [0.25, 0.3) is 0 Å². The summed E-state index contributed by atoms with van der Waals surface area (Å²) in [5.74, 6) is 0.102. The molecule has 1 aliphatic heterocycles. The first kappa shape index (κ1) is 26.2. The van der Waals surface area contributed by atoms with Gasteiger partial charge in [0.1, 0.15) is 0 Å². The lowest BCUT2D eigenvalue weighted by molar-refractivity contribution is -0.117. The molecule has 194 valence electrons. The van der Waals surface area contributed by atoms with Gasteiger partial charge < -0.3 is 25.5 Å². The van der Waals surface area contributed by atoms with E-state index in [-0.39, 0.29) is 5.91 Å². The van der Waals surface area contributed by atoms with Crippen molar-refractivity contribution in [1.82, 2.24) is 5.32 Å². The number of hydrogen-bond acceptors (Lipinski definition) is 5. The summed E-state index contributed by atoms with van der Waals surface area (Å²) < 4.78 is 0. The predicted molar refractivity (Wildman–Crippen MR) is 146 cm³/mol. The van der Waals surface area contributed by atoms with Gasteiger partial charge >= 0.3 is 0 Å². The Balaban J connectivity index is 1.63. The Hall–Kier alpha value is -2.90. The Morgan fingerprint density at radius 2 is 1.89 bits per heavy atom. The van der Waals surface area contributed by atoms with Crippen LogP contribution in [0.5, 0.6) is 0 Å². The van der Waals surface area contributed by atoms with Crippen molar-refractivity contribution in [2.24, 2.45) is 0 Å². The van der Waals surface area contributed by atoms with Crippen LogP contribution >= 0.6 is 0 Å². The van der Waals surface area contributed by atoms with Crippen molar-refractivity contribution in [2.45, 2.75) is 76.5 Å². The molecule has 1 heterocycles. The van der Waals surface area contributed by atoms with Crippen molar-refractivity contribution < 1.29 is 14.7 Å². The van der Waals surface area contributed by atoms with Crippen LogP contribution in [0.25, 0.3) is 0 Å². The summed E-state index contributed by atoms with van der Waals surface area (Å²) in [6, 6.07) is 15.7. The highest BCUT2D eigenvalue weighted by Gasteiger charge is 2.29. The molecule has 0 radical (unpaired) electrons. The number of benzene rings is 2. The smallest absolute Gasteiger partial charge is 0.227 e. The molecule has 0 aromatic heterocycles. The molecule has 1 aliphatic carbocycles. The molecule has 4 rings (SSSR count). The second-order valence-electron chi connectivity index (χ2n) is 10.00. The number of amides is 2. The van der Waals surface area contributed by atoms with Gasteiger partial charge in [0.05, 0.1) is 12.1 Å². The molecule has 2 fully saturated rings. The molecule has 1 saturated heterocycles. The van der Waals surface area contributed by atoms with E-state index in [2.05, 4.69) is 10.6 Å². The lowest BCUT2D eigenvalue weighted by atomic mass is 9.94. The molecule has 0 unspecified atom stereocenters.